The number of carbonyl (C=O) groups excluding carboxylic acids is 1. The van der Waals surface area contributed by atoms with Gasteiger partial charge in [-0.2, -0.15) is 4.72 Å². The van der Waals surface area contributed by atoms with E-state index in [0.717, 1.165) is 24.5 Å². The third kappa shape index (κ3) is 5.61. The molecule has 1 atom stereocenters. The van der Waals surface area contributed by atoms with Crippen LogP contribution in [0.4, 0.5) is 5.82 Å². The van der Waals surface area contributed by atoms with Crippen LogP contribution in [-0.4, -0.2) is 51.7 Å². The number of anilines is 1. The highest BCUT2D eigenvalue weighted by molar-refractivity contribution is 7.89. The summed E-state index contributed by atoms with van der Waals surface area (Å²) < 4.78 is 32.8. The van der Waals surface area contributed by atoms with Crippen LogP contribution in [0, 0.1) is 0 Å². The first-order valence-corrected chi connectivity index (χ1v) is 11.5. The number of nitrogens with one attached hydrogen (secondary N) is 2. The van der Waals surface area contributed by atoms with Crippen molar-refractivity contribution in [2.24, 2.45) is 0 Å². The Bertz CT molecular complexity index is 976. The fourth-order valence-electron chi connectivity index (χ4n) is 2.93. The molecule has 2 aromatic rings. The smallest absolute Gasteiger partial charge is 0.244 e. The van der Waals surface area contributed by atoms with E-state index in [1.54, 1.807) is 6.20 Å². The maximum atomic E-state index is 12.6. The SMILES string of the molecule is C[C@H](NS(=O)(=O)c1c(Cl)cccc1Cl)C(=O)NCc1ccc(N2CCOCC2)nc1. The summed E-state index contributed by atoms with van der Waals surface area (Å²) in [6.45, 7) is 4.58. The average molecular weight is 473 g/mol. The first-order valence-electron chi connectivity index (χ1n) is 9.29. The van der Waals surface area contributed by atoms with Gasteiger partial charge in [0.2, 0.25) is 15.9 Å². The third-order valence-corrected chi connectivity index (χ3v) is 7.02. The number of rotatable bonds is 7. The van der Waals surface area contributed by atoms with E-state index in [1.807, 2.05) is 12.1 Å². The van der Waals surface area contributed by atoms with Crippen LogP contribution in [0.2, 0.25) is 10.0 Å². The van der Waals surface area contributed by atoms with Crippen LogP contribution in [0.25, 0.3) is 0 Å². The summed E-state index contributed by atoms with van der Waals surface area (Å²) >= 11 is 11.9. The predicted octanol–water partition coefficient (Wildman–Crippen LogP) is 2.21. The van der Waals surface area contributed by atoms with Crippen molar-refractivity contribution in [1.82, 2.24) is 15.0 Å². The molecule has 3 rings (SSSR count). The van der Waals surface area contributed by atoms with Gasteiger partial charge >= 0.3 is 0 Å². The number of nitrogens with zero attached hydrogens (tertiary/aromatic N) is 2. The second-order valence-electron chi connectivity index (χ2n) is 6.74. The molecular formula is C19H22Cl2N4O4S. The minimum atomic E-state index is -4.07. The lowest BCUT2D eigenvalue weighted by atomic mass is 10.2. The fourth-order valence-corrected chi connectivity index (χ4v) is 5.27. The molecule has 0 spiro atoms. The standard InChI is InChI=1S/C19H22Cl2N4O4S/c1-13(24-30(27,28)18-15(20)3-2-4-16(18)21)19(26)23-12-14-5-6-17(22-11-14)25-7-9-29-10-8-25/h2-6,11,13,24H,7-10,12H2,1H3,(H,23,26)/t13-/m0/s1. The van der Waals surface area contributed by atoms with Gasteiger partial charge < -0.3 is 15.0 Å². The maximum Gasteiger partial charge on any atom is 0.244 e. The van der Waals surface area contributed by atoms with Crippen LogP contribution in [0.1, 0.15) is 12.5 Å². The molecule has 1 aliphatic rings. The first-order chi connectivity index (χ1) is 14.3. The van der Waals surface area contributed by atoms with E-state index in [-0.39, 0.29) is 21.5 Å². The summed E-state index contributed by atoms with van der Waals surface area (Å²) in [5.41, 5.74) is 0.796. The molecule has 1 saturated heterocycles. The molecule has 0 radical (unpaired) electrons. The predicted molar refractivity (Wildman–Crippen MR) is 115 cm³/mol. The first kappa shape index (κ1) is 22.8. The van der Waals surface area contributed by atoms with Gasteiger partial charge in [-0.05, 0) is 30.7 Å². The number of halogens is 2. The lowest BCUT2D eigenvalue weighted by Gasteiger charge is -2.27. The number of aromatic nitrogens is 1. The number of hydrogen-bond donors (Lipinski definition) is 2. The normalized spacial score (nSPS) is 15.6. The van der Waals surface area contributed by atoms with Gasteiger partial charge in [-0.1, -0.05) is 35.3 Å². The molecule has 0 bridgehead atoms. The Morgan fingerprint density at radius 3 is 2.47 bits per heavy atom. The van der Waals surface area contributed by atoms with Crippen LogP contribution in [0.3, 0.4) is 0 Å². The topological polar surface area (TPSA) is 101 Å². The second kappa shape index (κ2) is 9.93. The number of pyridine rings is 1. The van der Waals surface area contributed by atoms with Crippen LogP contribution in [0.5, 0.6) is 0 Å². The molecule has 11 heteroatoms. The molecule has 1 fully saturated rings. The average Bonchev–Trinajstić information content (AvgIpc) is 2.72. The van der Waals surface area contributed by atoms with E-state index in [9.17, 15) is 13.2 Å². The minimum Gasteiger partial charge on any atom is -0.378 e. The second-order valence-corrected chi connectivity index (χ2v) is 9.20. The number of benzene rings is 1. The van der Waals surface area contributed by atoms with Crippen molar-refractivity contribution < 1.29 is 17.9 Å². The number of ether oxygens (including phenoxy) is 1. The van der Waals surface area contributed by atoms with E-state index in [1.165, 1.54) is 25.1 Å². The van der Waals surface area contributed by atoms with Crippen molar-refractivity contribution >= 4 is 45.0 Å². The van der Waals surface area contributed by atoms with Crippen molar-refractivity contribution in [3.05, 3.63) is 52.1 Å². The highest BCUT2D eigenvalue weighted by Crippen LogP contribution is 2.28. The molecule has 0 aliphatic carbocycles. The van der Waals surface area contributed by atoms with Crippen LogP contribution < -0.4 is 14.9 Å². The monoisotopic (exact) mass is 472 g/mol. The van der Waals surface area contributed by atoms with Gasteiger partial charge in [0.1, 0.15) is 10.7 Å². The molecule has 1 amide bonds. The zero-order valence-electron chi connectivity index (χ0n) is 16.3. The Morgan fingerprint density at radius 1 is 1.20 bits per heavy atom. The van der Waals surface area contributed by atoms with E-state index < -0.39 is 22.0 Å². The van der Waals surface area contributed by atoms with Crippen LogP contribution in [-0.2, 0) is 26.1 Å². The van der Waals surface area contributed by atoms with Crippen molar-refractivity contribution in [1.29, 1.82) is 0 Å². The fraction of sp³-hybridized carbons (Fsp3) is 0.368. The largest absolute Gasteiger partial charge is 0.378 e. The number of morpholine rings is 1. The molecule has 0 saturated carbocycles. The Hall–Kier alpha value is -1.91. The number of carbonyl (C=O) groups is 1. The van der Waals surface area contributed by atoms with Gasteiger partial charge in [0.25, 0.3) is 0 Å². The molecule has 1 aromatic carbocycles. The van der Waals surface area contributed by atoms with Gasteiger partial charge in [-0.15, -0.1) is 0 Å². The van der Waals surface area contributed by atoms with E-state index in [4.69, 9.17) is 27.9 Å². The Labute approximate surface area is 185 Å². The minimum absolute atomic E-state index is 0.0194. The molecule has 30 heavy (non-hydrogen) atoms. The Morgan fingerprint density at radius 2 is 1.87 bits per heavy atom. The molecule has 162 valence electrons. The van der Waals surface area contributed by atoms with Crippen molar-refractivity contribution in [3.63, 3.8) is 0 Å². The van der Waals surface area contributed by atoms with Gasteiger partial charge in [0.05, 0.1) is 29.3 Å². The maximum absolute atomic E-state index is 12.6. The lowest BCUT2D eigenvalue weighted by molar-refractivity contribution is -0.122. The van der Waals surface area contributed by atoms with E-state index in [2.05, 4.69) is 19.9 Å². The van der Waals surface area contributed by atoms with Crippen molar-refractivity contribution in [3.8, 4) is 0 Å². The molecule has 2 heterocycles. The van der Waals surface area contributed by atoms with Crippen molar-refractivity contribution in [2.75, 3.05) is 31.2 Å². The zero-order valence-corrected chi connectivity index (χ0v) is 18.6. The molecular weight excluding hydrogens is 451 g/mol. The summed E-state index contributed by atoms with van der Waals surface area (Å²) in [5, 5.41) is 2.66. The Kier molecular flexibility index (Phi) is 7.54. The molecule has 2 N–H and O–H groups in total. The van der Waals surface area contributed by atoms with E-state index >= 15 is 0 Å². The van der Waals surface area contributed by atoms with Gasteiger partial charge in [-0.3, -0.25) is 4.79 Å². The lowest BCUT2D eigenvalue weighted by Crippen LogP contribution is -2.44. The number of amides is 1. The van der Waals surface area contributed by atoms with Crippen LogP contribution >= 0.6 is 23.2 Å². The summed E-state index contributed by atoms with van der Waals surface area (Å²) in [6.07, 6.45) is 1.68. The molecule has 1 aromatic heterocycles. The molecule has 0 unspecified atom stereocenters. The van der Waals surface area contributed by atoms with E-state index in [0.29, 0.717) is 13.2 Å². The van der Waals surface area contributed by atoms with Crippen molar-refractivity contribution in [2.45, 2.75) is 24.4 Å². The van der Waals surface area contributed by atoms with Gasteiger partial charge in [0.15, 0.2) is 0 Å². The van der Waals surface area contributed by atoms with Gasteiger partial charge in [-0.25, -0.2) is 13.4 Å². The summed E-state index contributed by atoms with van der Waals surface area (Å²) in [6, 6.07) is 7.11. The van der Waals surface area contributed by atoms with Crippen LogP contribution in [0.15, 0.2) is 41.4 Å². The number of sulfonamides is 1. The molecule has 1 aliphatic heterocycles. The molecule has 8 nitrogen and oxygen atoms in total. The quantitative estimate of drug-likeness (QED) is 0.640. The summed E-state index contributed by atoms with van der Waals surface area (Å²) in [4.78, 5) is 18.7. The summed E-state index contributed by atoms with van der Waals surface area (Å²) in [5.74, 6) is 0.366. The zero-order chi connectivity index (χ0) is 21.7. The summed E-state index contributed by atoms with van der Waals surface area (Å²) in [7, 11) is -4.07. The highest BCUT2D eigenvalue weighted by Gasteiger charge is 2.26. The third-order valence-electron chi connectivity index (χ3n) is 4.52. The Balaban J connectivity index is 1.56. The highest BCUT2D eigenvalue weighted by atomic mass is 35.5. The van der Waals surface area contributed by atoms with Gasteiger partial charge in [0, 0.05) is 25.8 Å². The number of hydrogen-bond acceptors (Lipinski definition) is 6.